The van der Waals surface area contributed by atoms with E-state index >= 15 is 0 Å². The minimum absolute atomic E-state index is 0.0490. The number of non-ortho nitro benzene ring substituents is 1. The van der Waals surface area contributed by atoms with Gasteiger partial charge in [-0.1, -0.05) is 6.07 Å². The number of rotatable bonds is 5. The van der Waals surface area contributed by atoms with Crippen LogP contribution in [0.1, 0.15) is 20.3 Å². The van der Waals surface area contributed by atoms with Crippen LogP contribution >= 0.6 is 0 Å². The van der Waals surface area contributed by atoms with Gasteiger partial charge in [-0.05, 0) is 26.3 Å². The molecule has 19 heavy (non-hydrogen) atoms. The molecule has 2 N–H and O–H groups in total. The van der Waals surface area contributed by atoms with Crippen molar-refractivity contribution in [2.24, 2.45) is 0 Å². The zero-order valence-corrected chi connectivity index (χ0v) is 10.7. The van der Waals surface area contributed by atoms with Gasteiger partial charge in [0.1, 0.15) is 0 Å². The quantitative estimate of drug-likeness (QED) is 0.635. The normalized spacial score (nSPS) is 14.3. The molecular formula is C12H15N3O4. The van der Waals surface area contributed by atoms with Crippen LogP contribution in [0.5, 0.6) is 0 Å². The van der Waals surface area contributed by atoms with Gasteiger partial charge in [-0.2, -0.15) is 4.98 Å². The lowest BCUT2D eigenvalue weighted by Gasteiger charge is -2.13. The van der Waals surface area contributed by atoms with Gasteiger partial charge in [0, 0.05) is 12.1 Å². The van der Waals surface area contributed by atoms with Crippen molar-refractivity contribution in [1.29, 1.82) is 0 Å². The lowest BCUT2D eigenvalue weighted by molar-refractivity contribution is -0.383. The van der Waals surface area contributed by atoms with Gasteiger partial charge in [0.15, 0.2) is 11.1 Å². The summed E-state index contributed by atoms with van der Waals surface area (Å²) in [7, 11) is 0. The molecule has 1 aromatic carbocycles. The highest BCUT2D eigenvalue weighted by Crippen LogP contribution is 2.27. The lowest BCUT2D eigenvalue weighted by atomic mass is 10.2. The highest BCUT2D eigenvalue weighted by atomic mass is 16.6. The third-order valence-corrected chi connectivity index (χ3v) is 2.66. The minimum atomic E-state index is -0.492. The van der Waals surface area contributed by atoms with Crippen molar-refractivity contribution in [3.63, 3.8) is 0 Å². The standard InChI is InChI=1S/C12H15N3O4/c1-7(6-8(2)16)13-12-14-11-9(15(17)18)4-3-5-10(11)19-12/h3-5,7-8,16H,6H2,1-2H3,(H,13,14). The van der Waals surface area contributed by atoms with Gasteiger partial charge in [-0.25, -0.2) is 0 Å². The van der Waals surface area contributed by atoms with E-state index in [1.165, 1.54) is 6.07 Å². The van der Waals surface area contributed by atoms with E-state index in [4.69, 9.17) is 4.42 Å². The molecule has 7 nitrogen and oxygen atoms in total. The number of aromatic nitrogens is 1. The second-order valence-electron chi connectivity index (χ2n) is 4.53. The van der Waals surface area contributed by atoms with E-state index in [2.05, 4.69) is 10.3 Å². The van der Waals surface area contributed by atoms with Crippen LogP contribution in [-0.4, -0.2) is 27.2 Å². The highest BCUT2D eigenvalue weighted by molar-refractivity contribution is 5.84. The molecule has 1 heterocycles. The predicted molar refractivity (Wildman–Crippen MR) is 70.0 cm³/mol. The van der Waals surface area contributed by atoms with E-state index in [1.54, 1.807) is 19.1 Å². The molecule has 0 amide bonds. The summed E-state index contributed by atoms with van der Waals surface area (Å²) in [6.07, 6.45) is 0.0853. The van der Waals surface area contributed by atoms with Gasteiger partial charge >= 0.3 is 0 Å². The Labute approximate surface area is 109 Å². The molecule has 0 spiro atoms. The number of fused-ring (bicyclic) bond motifs is 1. The van der Waals surface area contributed by atoms with Crippen LogP contribution in [0.3, 0.4) is 0 Å². The Morgan fingerprint density at radius 3 is 2.89 bits per heavy atom. The van der Waals surface area contributed by atoms with E-state index in [-0.39, 0.29) is 23.3 Å². The maximum Gasteiger partial charge on any atom is 0.298 e. The minimum Gasteiger partial charge on any atom is -0.423 e. The average Bonchev–Trinajstić information content (AvgIpc) is 2.68. The molecular weight excluding hydrogens is 250 g/mol. The average molecular weight is 265 g/mol. The van der Waals surface area contributed by atoms with Crippen molar-refractivity contribution in [1.82, 2.24) is 4.98 Å². The number of aliphatic hydroxyl groups is 1. The summed E-state index contributed by atoms with van der Waals surface area (Å²) in [5.41, 5.74) is 0.498. The number of hydrogen-bond acceptors (Lipinski definition) is 6. The molecule has 1 aromatic heterocycles. The van der Waals surface area contributed by atoms with Crippen molar-refractivity contribution >= 4 is 22.8 Å². The number of anilines is 1. The van der Waals surface area contributed by atoms with Crippen molar-refractivity contribution in [3.8, 4) is 0 Å². The molecule has 0 saturated heterocycles. The van der Waals surface area contributed by atoms with Gasteiger partial charge in [0.25, 0.3) is 11.7 Å². The van der Waals surface area contributed by atoms with Gasteiger partial charge in [0.2, 0.25) is 0 Å². The Hall–Kier alpha value is -2.15. The molecule has 0 aliphatic carbocycles. The third kappa shape index (κ3) is 3.00. The van der Waals surface area contributed by atoms with Crippen LogP contribution in [-0.2, 0) is 0 Å². The van der Waals surface area contributed by atoms with Crippen LogP contribution in [0, 0.1) is 10.1 Å². The van der Waals surface area contributed by atoms with E-state index in [0.29, 0.717) is 12.0 Å². The number of aliphatic hydroxyl groups excluding tert-OH is 1. The molecule has 2 unspecified atom stereocenters. The lowest BCUT2D eigenvalue weighted by Crippen LogP contribution is -2.20. The fraction of sp³-hybridized carbons (Fsp3) is 0.417. The molecule has 0 saturated carbocycles. The maximum atomic E-state index is 10.9. The van der Waals surface area contributed by atoms with Crippen LogP contribution in [0.25, 0.3) is 11.1 Å². The first-order chi connectivity index (χ1) is 8.97. The maximum absolute atomic E-state index is 10.9. The van der Waals surface area contributed by atoms with Crippen molar-refractivity contribution in [3.05, 3.63) is 28.3 Å². The van der Waals surface area contributed by atoms with E-state index in [9.17, 15) is 15.2 Å². The number of benzene rings is 1. The SMILES string of the molecule is CC(O)CC(C)Nc1nc2c([N+](=O)[O-])cccc2o1. The number of nitro benzene ring substituents is 1. The van der Waals surface area contributed by atoms with E-state index < -0.39 is 11.0 Å². The van der Waals surface area contributed by atoms with Crippen molar-refractivity contribution in [2.75, 3.05) is 5.32 Å². The van der Waals surface area contributed by atoms with E-state index in [1.807, 2.05) is 6.92 Å². The second kappa shape index (κ2) is 5.23. The predicted octanol–water partition coefficient (Wildman–Crippen LogP) is 2.31. The number of hydrogen-bond donors (Lipinski definition) is 2. The molecule has 2 aromatic rings. The fourth-order valence-corrected chi connectivity index (χ4v) is 1.92. The van der Waals surface area contributed by atoms with Crippen LogP contribution in [0.15, 0.2) is 22.6 Å². The summed E-state index contributed by atoms with van der Waals surface area (Å²) in [6.45, 7) is 3.56. The first-order valence-corrected chi connectivity index (χ1v) is 5.96. The van der Waals surface area contributed by atoms with Crippen molar-refractivity contribution < 1.29 is 14.4 Å². The second-order valence-corrected chi connectivity index (χ2v) is 4.53. The van der Waals surface area contributed by atoms with Gasteiger partial charge < -0.3 is 14.8 Å². The first-order valence-electron chi connectivity index (χ1n) is 5.96. The first kappa shape index (κ1) is 13.3. The van der Waals surface area contributed by atoms with Gasteiger partial charge in [0.05, 0.1) is 11.0 Å². The molecule has 0 bridgehead atoms. The largest absolute Gasteiger partial charge is 0.423 e. The summed E-state index contributed by atoms with van der Waals surface area (Å²) in [6, 6.07) is 4.73. The summed E-state index contributed by atoms with van der Waals surface area (Å²) in [5, 5.41) is 23.1. The Balaban J connectivity index is 2.27. The Morgan fingerprint density at radius 2 is 2.26 bits per heavy atom. The number of para-hydroxylation sites is 1. The Morgan fingerprint density at radius 1 is 1.53 bits per heavy atom. The summed E-state index contributed by atoms with van der Waals surface area (Å²) in [4.78, 5) is 14.5. The molecule has 0 fully saturated rings. The third-order valence-electron chi connectivity index (χ3n) is 2.66. The van der Waals surface area contributed by atoms with Gasteiger partial charge in [-0.15, -0.1) is 0 Å². The number of nitrogens with zero attached hydrogens (tertiary/aromatic N) is 2. The van der Waals surface area contributed by atoms with Crippen LogP contribution in [0.4, 0.5) is 11.7 Å². The fourth-order valence-electron chi connectivity index (χ4n) is 1.92. The summed E-state index contributed by atoms with van der Waals surface area (Å²) < 4.78 is 5.40. The topological polar surface area (TPSA) is 101 Å². The molecule has 7 heteroatoms. The molecule has 0 radical (unpaired) electrons. The molecule has 102 valence electrons. The molecule has 0 aliphatic rings. The van der Waals surface area contributed by atoms with Crippen LogP contribution < -0.4 is 5.32 Å². The zero-order valence-electron chi connectivity index (χ0n) is 10.7. The molecule has 0 aliphatic heterocycles. The zero-order chi connectivity index (χ0) is 14.0. The summed E-state index contributed by atoms with van der Waals surface area (Å²) in [5.74, 6) is 0. The number of nitro groups is 1. The Kier molecular flexibility index (Phi) is 3.66. The molecule has 2 atom stereocenters. The summed E-state index contributed by atoms with van der Waals surface area (Å²) >= 11 is 0. The number of nitrogens with one attached hydrogen (secondary N) is 1. The van der Waals surface area contributed by atoms with Crippen molar-refractivity contribution in [2.45, 2.75) is 32.4 Å². The van der Waals surface area contributed by atoms with Gasteiger partial charge in [-0.3, -0.25) is 10.1 Å². The monoisotopic (exact) mass is 265 g/mol. The molecule has 2 rings (SSSR count). The van der Waals surface area contributed by atoms with E-state index in [0.717, 1.165) is 0 Å². The Bertz CT molecular complexity index is 594. The smallest absolute Gasteiger partial charge is 0.298 e. The van der Waals surface area contributed by atoms with Crippen LogP contribution in [0.2, 0.25) is 0 Å². The number of oxazole rings is 1. The highest BCUT2D eigenvalue weighted by Gasteiger charge is 2.18.